The second-order valence-corrected chi connectivity index (χ2v) is 5.14. The SMILES string of the molecule is [C-]#[N+]c1ccc(N2CCc3c(nc[nH]c3=O)C2)cc1C(F)(F)F. The van der Waals surface area contributed by atoms with Gasteiger partial charge in [-0.15, -0.1) is 0 Å². The van der Waals surface area contributed by atoms with E-state index in [1.165, 1.54) is 18.5 Å². The Morgan fingerprint density at radius 2 is 2.13 bits per heavy atom. The lowest BCUT2D eigenvalue weighted by Gasteiger charge is -2.30. The highest BCUT2D eigenvalue weighted by atomic mass is 19.4. The van der Waals surface area contributed by atoms with Crippen molar-refractivity contribution in [1.82, 2.24) is 9.97 Å². The first-order chi connectivity index (χ1) is 10.9. The van der Waals surface area contributed by atoms with Crippen molar-refractivity contribution >= 4 is 11.4 Å². The molecular weight excluding hydrogens is 309 g/mol. The van der Waals surface area contributed by atoms with Gasteiger partial charge >= 0.3 is 6.18 Å². The van der Waals surface area contributed by atoms with Crippen LogP contribution in [0.1, 0.15) is 16.8 Å². The molecule has 0 spiro atoms. The number of fused-ring (bicyclic) bond motifs is 1. The van der Waals surface area contributed by atoms with Crippen LogP contribution in [0.15, 0.2) is 29.3 Å². The van der Waals surface area contributed by atoms with E-state index in [4.69, 9.17) is 6.57 Å². The summed E-state index contributed by atoms with van der Waals surface area (Å²) in [6, 6.07) is 3.64. The summed E-state index contributed by atoms with van der Waals surface area (Å²) in [6.07, 6.45) is -2.89. The molecule has 0 fully saturated rings. The summed E-state index contributed by atoms with van der Waals surface area (Å²) in [5.74, 6) is 0. The van der Waals surface area contributed by atoms with E-state index in [1.54, 1.807) is 4.90 Å². The summed E-state index contributed by atoms with van der Waals surface area (Å²) < 4.78 is 39.2. The van der Waals surface area contributed by atoms with Crippen molar-refractivity contribution in [3.8, 4) is 0 Å². The van der Waals surface area contributed by atoms with Crippen molar-refractivity contribution in [3.05, 3.63) is 63.1 Å². The zero-order valence-electron chi connectivity index (χ0n) is 11.8. The highest BCUT2D eigenvalue weighted by molar-refractivity contribution is 5.62. The summed E-state index contributed by atoms with van der Waals surface area (Å²) in [6.45, 7) is 7.53. The van der Waals surface area contributed by atoms with E-state index in [1.807, 2.05) is 0 Å². The van der Waals surface area contributed by atoms with Crippen LogP contribution in [0.4, 0.5) is 24.5 Å². The first kappa shape index (κ1) is 15.1. The standard InChI is InChI=1S/C15H11F3N4O/c1-19-12-3-2-9(6-11(12)15(16,17)18)22-5-4-10-13(7-22)20-8-21-14(10)23/h2-3,6,8H,4-5,7H2,(H,20,21,23). The molecule has 0 amide bonds. The average Bonchev–Trinajstić information content (AvgIpc) is 2.53. The summed E-state index contributed by atoms with van der Waals surface area (Å²) in [5.41, 5.74) is -0.102. The third kappa shape index (κ3) is 2.77. The van der Waals surface area contributed by atoms with Crippen LogP contribution in [-0.4, -0.2) is 16.5 Å². The Morgan fingerprint density at radius 1 is 1.35 bits per heavy atom. The highest BCUT2D eigenvalue weighted by Gasteiger charge is 2.34. The third-order valence-electron chi connectivity index (χ3n) is 3.78. The van der Waals surface area contributed by atoms with E-state index in [0.717, 1.165) is 6.07 Å². The van der Waals surface area contributed by atoms with Gasteiger partial charge in [-0.2, -0.15) is 13.2 Å². The maximum atomic E-state index is 13.1. The van der Waals surface area contributed by atoms with Crippen molar-refractivity contribution in [3.63, 3.8) is 0 Å². The molecule has 0 saturated heterocycles. The number of hydrogen-bond acceptors (Lipinski definition) is 3. The minimum Gasteiger partial charge on any atom is -0.365 e. The van der Waals surface area contributed by atoms with Crippen molar-refractivity contribution < 1.29 is 13.2 Å². The van der Waals surface area contributed by atoms with Gasteiger partial charge in [0.2, 0.25) is 0 Å². The van der Waals surface area contributed by atoms with E-state index in [0.29, 0.717) is 29.9 Å². The first-order valence-electron chi connectivity index (χ1n) is 6.79. The van der Waals surface area contributed by atoms with E-state index in [9.17, 15) is 18.0 Å². The molecule has 23 heavy (non-hydrogen) atoms. The van der Waals surface area contributed by atoms with Crippen molar-refractivity contribution in [2.45, 2.75) is 19.1 Å². The van der Waals surface area contributed by atoms with Crippen LogP contribution >= 0.6 is 0 Å². The largest absolute Gasteiger partial charge is 0.407 e. The Morgan fingerprint density at radius 3 is 2.83 bits per heavy atom. The van der Waals surface area contributed by atoms with Crippen LogP contribution in [0.5, 0.6) is 0 Å². The zero-order chi connectivity index (χ0) is 16.6. The van der Waals surface area contributed by atoms with Crippen molar-refractivity contribution in [2.75, 3.05) is 11.4 Å². The minimum absolute atomic E-state index is 0.214. The lowest BCUT2D eigenvalue weighted by Crippen LogP contribution is -2.35. The molecule has 1 aromatic carbocycles. The molecule has 0 saturated carbocycles. The third-order valence-corrected chi connectivity index (χ3v) is 3.78. The molecular formula is C15H11F3N4O. The molecule has 0 unspecified atom stereocenters. The molecule has 1 aliphatic rings. The predicted molar refractivity (Wildman–Crippen MR) is 77.3 cm³/mol. The van der Waals surface area contributed by atoms with Crippen molar-refractivity contribution in [1.29, 1.82) is 0 Å². The lowest BCUT2D eigenvalue weighted by molar-refractivity contribution is -0.136. The van der Waals surface area contributed by atoms with Gasteiger partial charge in [-0.1, -0.05) is 6.07 Å². The van der Waals surface area contributed by atoms with Gasteiger partial charge in [0.05, 0.1) is 30.7 Å². The number of aromatic nitrogens is 2. The molecule has 3 rings (SSSR count). The number of hydrogen-bond donors (Lipinski definition) is 1. The van der Waals surface area contributed by atoms with Gasteiger partial charge in [-0.25, -0.2) is 9.83 Å². The van der Waals surface area contributed by atoms with E-state index >= 15 is 0 Å². The Bertz CT molecular complexity index is 851. The fourth-order valence-corrected chi connectivity index (χ4v) is 2.63. The van der Waals surface area contributed by atoms with Crippen LogP contribution in [0.2, 0.25) is 0 Å². The molecule has 0 bridgehead atoms. The Labute approximate surface area is 129 Å². The molecule has 1 aliphatic heterocycles. The molecule has 2 aromatic rings. The number of nitrogens with zero attached hydrogens (tertiary/aromatic N) is 3. The zero-order valence-corrected chi connectivity index (χ0v) is 11.8. The molecule has 118 valence electrons. The normalized spacial score (nSPS) is 14.3. The van der Waals surface area contributed by atoms with Gasteiger partial charge in [0.25, 0.3) is 5.56 Å². The predicted octanol–water partition coefficient (Wildman–Crippen LogP) is 2.90. The minimum atomic E-state index is -4.58. The molecule has 8 heteroatoms. The number of nitrogens with one attached hydrogen (secondary N) is 1. The Balaban J connectivity index is 1.98. The smallest absolute Gasteiger partial charge is 0.365 e. The maximum absolute atomic E-state index is 13.1. The number of alkyl halides is 3. The number of aromatic amines is 1. The van der Waals surface area contributed by atoms with Crippen molar-refractivity contribution in [2.24, 2.45) is 0 Å². The molecule has 0 radical (unpaired) electrons. The van der Waals surface area contributed by atoms with Crippen LogP contribution in [0, 0.1) is 6.57 Å². The topological polar surface area (TPSA) is 53.4 Å². The number of rotatable bonds is 1. The van der Waals surface area contributed by atoms with Crippen LogP contribution in [-0.2, 0) is 19.1 Å². The van der Waals surface area contributed by atoms with Gasteiger partial charge in [-0.05, 0) is 18.6 Å². The van der Waals surface area contributed by atoms with Gasteiger partial charge in [-0.3, -0.25) is 4.79 Å². The maximum Gasteiger partial charge on any atom is 0.407 e. The lowest BCUT2D eigenvalue weighted by atomic mass is 10.0. The molecule has 0 aliphatic carbocycles. The summed E-state index contributed by atoms with van der Waals surface area (Å²) >= 11 is 0. The van der Waals surface area contributed by atoms with Gasteiger partial charge in [0.1, 0.15) is 0 Å². The van der Waals surface area contributed by atoms with E-state index < -0.39 is 17.4 Å². The van der Waals surface area contributed by atoms with Crippen LogP contribution in [0.25, 0.3) is 4.85 Å². The summed E-state index contributed by atoms with van der Waals surface area (Å²) in [5, 5.41) is 0. The second kappa shape index (κ2) is 5.43. The fraction of sp³-hybridized carbons (Fsp3) is 0.267. The second-order valence-electron chi connectivity index (χ2n) is 5.14. The molecule has 2 heterocycles. The average molecular weight is 320 g/mol. The number of benzene rings is 1. The van der Waals surface area contributed by atoms with Gasteiger partial charge < -0.3 is 9.88 Å². The summed E-state index contributed by atoms with van der Waals surface area (Å²) in [4.78, 5) is 22.9. The number of H-pyrrole nitrogens is 1. The molecule has 1 N–H and O–H groups in total. The number of anilines is 1. The van der Waals surface area contributed by atoms with Gasteiger partial charge in [0.15, 0.2) is 5.69 Å². The Hall–Kier alpha value is -2.82. The van der Waals surface area contributed by atoms with Gasteiger partial charge in [0, 0.05) is 17.8 Å². The van der Waals surface area contributed by atoms with E-state index in [-0.39, 0.29) is 12.1 Å². The molecule has 0 atom stereocenters. The Kier molecular flexibility index (Phi) is 3.56. The quantitative estimate of drug-likeness (QED) is 0.822. The molecule has 1 aromatic heterocycles. The fourth-order valence-electron chi connectivity index (χ4n) is 2.63. The number of halogens is 3. The van der Waals surface area contributed by atoms with E-state index in [2.05, 4.69) is 14.8 Å². The van der Waals surface area contributed by atoms with Crippen LogP contribution in [0.3, 0.4) is 0 Å². The summed E-state index contributed by atoms with van der Waals surface area (Å²) in [7, 11) is 0. The highest BCUT2D eigenvalue weighted by Crippen LogP contribution is 2.39. The first-order valence-corrected chi connectivity index (χ1v) is 6.79. The molecule has 5 nitrogen and oxygen atoms in total. The monoisotopic (exact) mass is 320 g/mol. The van der Waals surface area contributed by atoms with Crippen LogP contribution < -0.4 is 10.5 Å².